The van der Waals surface area contributed by atoms with Gasteiger partial charge >= 0.3 is 6.03 Å². The van der Waals surface area contributed by atoms with Gasteiger partial charge in [0.1, 0.15) is 5.41 Å². The number of amides is 4. The van der Waals surface area contributed by atoms with Crippen LogP contribution in [0.25, 0.3) is 0 Å². The molecular formula is C12H18N2O3. The molecule has 1 aliphatic heterocycles. The molecule has 0 atom stereocenters. The van der Waals surface area contributed by atoms with Crippen LogP contribution in [0, 0.1) is 5.41 Å². The topological polar surface area (TPSA) is 66.5 Å². The second kappa shape index (κ2) is 5.12. The zero-order valence-electron chi connectivity index (χ0n) is 10.3. The van der Waals surface area contributed by atoms with Crippen molar-refractivity contribution in [2.75, 3.05) is 6.54 Å². The molecule has 94 valence electrons. The second-order valence-corrected chi connectivity index (χ2v) is 4.08. The molecule has 0 spiro atoms. The van der Waals surface area contributed by atoms with Crippen LogP contribution in [-0.2, 0) is 9.59 Å². The van der Waals surface area contributed by atoms with Gasteiger partial charge in [0.2, 0.25) is 11.8 Å². The zero-order valence-corrected chi connectivity index (χ0v) is 10.3. The number of nitrogens with zero attached hydrogens (tertiary/aromatic N) is 1. The van der Waals surface area contributed by atoms with E-state index in [0.29, 0.717) is 19.3 Å². The molecule has 0 aromatic rings. The van der Waals surface area contributed by atoms with Gasteiger partial charge in [-0.05, 0) is 19.3 Å². The van der Waals surface area contributed by atoms with Crippen LogP contribution in [0.1, 0.15) is 33.1 Å². The molecule has 0 radical (unpaired) electrons. The summed E-state index contributed by atoms with van der Waals surface area (Å²) < 4.78 is 0. The first-order valence-electron chi connectivity index (χ1n) is 5.81. The second-order valence-electron chi connectivity index (χ2n) is 4.08. The number of rotatable bonds is 5. The Balaban J connectivity index is 3.02. The number of barbiturate groups is 1. The summed E-state index contributed by atoms with van der Waals surface area (Å²) in [7, 11) is 0. The fourth-order valence-corrected chi connectivity index (χ4v) is 2.03. The van der Waals surface area contributed by atoms with Crippen molar-refractivity contribution in [3.8, 4) is 0 Å². The minimum absolute atomic E-state index is 0.267. The summed E-state index contributed by atoms with van der Waals surface area (Å²) in [6.45, 7) is 7.38. The van der Waals surface area contributed by atoms with Gasteiger partial charge in [0.25, 0.3) is 0 Å². The van der Waals surface area contributed by atoms with Crippen molar-refractivity contribution in [2.45, 2.75) is 33.1 Å². The minimum atomic E-state index is -1.09. The van der Waals surface area contributed by atoms with Crippen LogP contribution >= 0.6 is 0 Å². The van der Waals surface area contributed by atoms with E-state index in [2.05, 4.69) is 11.9 Å². The number of carbonyl (C=O) groups is 3. The van der Waals surface area contributed by atoms with Crippen LogP contribution in [0.3, 0.4) is 0 Å². The fraction of sp³-hybridized carbons (Fsp3) is 0.583. The number of carbonyl (C=O) groups excluding carboxylic acids is 3. The summed E-state index contributed by atoms with van der Waals surface area (Å²) in [6, 6.07) is -0.626. The highest BCUT2D eigenvalue weighted by atomic mass is 16.2. The molecule has 1 heterocycles. The molecule has 1 aliphatic rings. The summed E-state index contributed by atoms with van der Waals surface area (Å²) in [6.07, 6.45) is 2.95. The largest absolute Gasteiger partial charge is 0.330 e. The van der Waals surface area contributed by atoms with Crippen LogP contribution in [0.4, 0.5) is 4.79 Å². The maximum atomic E-state index is 12.2. The van der Waals surface area contributed by atoms with Gasteiger partial charge in [0.15, 0.2) is 0 Å². The molecule has 1 rings (SSSR count). The van der Waals surface area contributed by atoms with E-state index in [1.807, 2.05) is 0 Å². The van der Waals surface area contributed by atoms with Crippen LogP contribution in [0.2, 0.25) is 0 Å². The molecule has 5 heteroatoms. The van der Waals surface area contributed by atoms with E-state index in [4.69, 9.17) is 0 Å². The molecule has 1 N–H and O–H groups in total. The van der Waals surface area contributed by atoms with Crippen LogP contribution in [0.5, 0.6) is 0 Å². The normalized spacial score (nSPS) is 19.2. The molecule has 0 aromatic heterocycles. The molecule has 1 saturated heterocycles. The van der Waals surface area contributed by atoms with Crippen molar-refractivity contribution in [1.82, 2.24) is 10.2 Å². The Bertz CT molecular complexity index is 359. The Morgan fingerprint density at radius 1 is 1.29 bits per heavy atom. The summed E-state index contributed by atoms with van der Waals surface area (Å²) >= 11 is 0. The third-order valence-electron chi connectivity index (χ3n) is 3.32. The van der Waals surface area contributed by atoms with E-state index in [1.54, 1.807) is 19.9 Å². The summed E-state index contributed by atoms with van der Waals surface area (Å²) in [5, 5.41) is 2.25. The number of nitrogens with one attached hydrogen (secondary N) is 1. The van der Waals surface area contributed by atoms with Crippen molar-refractivity contribution in [3.63, 3.8) is 0 Å². The highest BCUT2D eigenvalue weighted by molar-refractivity contribution is 6.19. The fourth-order valence-electron chi connectivity index (χ4n) is 2.03. The number of hydrogen-bond acceptors (Lipinski definition) is 3. The minimum Gasteiger partial charge on any atom is -0.277 e. The molecule has 5 nitrogen and oxygen atoms in total. The highest BCUT2D eigenvalue weighted by Crippen LogP contribution is 2.32. The van der Waals surface area contributed by atoms with Gasteiger partial charge in [-0.25, -0.2) is 4.79 Å². The lowest BCUT2D eigenvalue weighted by atomic mass is 9.78. The van der Waals surface area contributed by atoms with Crippen LogP contribution in [-0.4, -0.2) is 29.3 Å². The van der Waals surface area contributed by atoms with Gasteiger partial charge in [0.05, 0.1) is 0 Å². The van der Waals surface area contributed by atoms with E-state index in [0.717, 1.165) is 4.90 Å². The third kappa shape index (κ3) is 2.09. The van der Waals surface area contributed by atoms with E-state index >= 15 is 0 Å². The van der Waals surface area contributed by atoms with Gasteiger partial charge in [0, 0.05) is 6.54 Å². The van der Waals surface area contributed by atoms with E-state index < -0.39 is 23.3 Å². The van der Waals surface area contributed by atoms with Crippen LogP contribution in [0.15, 0.2) is 12.7 Å². The Morgan fingerprint density at radius 2 is 1.88 bits per heavy atom. The summed E-state index contributed by atoms with van der Waals surface area (Å²) in [5.41, 5.74) is -1.09. The van der Waals surface area contributed by atoms with E-state index in [9.17, 15) is 14.4 Å². The molecule has 4 amide bonds. The first kappa shape index (κ1) is 13.4. The smallest absolute Gasteiger partial charge is 0.277 e. The molecule has 1 fully saturated rings. The molecule has 0 unspecified atom stereocenters. The maximum absolute atomic E-state index is 12.2. The lowest BCUT2D eigenvalue weighted by Crippen LogP contribution is -2.63. The summed E-state index contributed by atoms with van der Waals surface area (Å²) in [4.78, 5) is 36.8. The molecule has 0 bridgehead atoms. The predicted octanol–water partition coefficient (Wildman–Crippen LogP) is 1.45. The van der Waals surface area contributed by atoms with Gasteiger partial charge < -0.3 is 0 Å². The lowest BCUT2D eigenvalue weighted by molar-refractivity contribution is -0.152. The number of hydrogen-bond donors (Lipinski definition) is 1. The first-order valence-corrected chi connectivity index (χ1v) is 5.81. The molecular weight excluding hydrogens is 220 g/mol. The Kier molecular flexibility index (Phi) is 4.04. The standard InChI is InChI=1S/C12H18N2O3/c1-4-7-8-14-10(16)12(5-2,6-3)9(15)13-11(14)17/h4H,1,5-8H2,2-3H3,(H,13,15,17). The van der Waals surface area contributed by atoms with E-state index in [1.165, 1.54) is 0 Å². The first-order chi connectivity index (χ1) is 8.03. The van der Waals surface area contributed by atoms with Crippen molar-refractivity contribution >= 4 is 17.8 Å². The van der Waals surface area contributed by atoms with Crippen molar-refractivity contribution < 1.29 is 14.4 Å². The zero-order chi connectivity index (χ0) is 13.1. The van der Waals surface area contributed by atoms with Gasteiger partial charge in [-0.2, -0.15) is 0 Å². The van der Waals surface area contributed by atoms with Gasteiger partial charge in [-0.15, -0.1) is 6.58 Å². The van der Waals surface area contributed by atoms with Gasteiger partial charge in [-0.3, -0.25) is 19.8 Å². The Morgan fingerprint density at radius 3 is 2.35 bits per heavy atom. The Labute approximate surface area is 101 Å². The number of imide groups is 2. The Hall–Kier alpha value is -1.65. The van der Waals surface area contributed by atoms with E-state index in [-0.39, 0.29) is 6.54 Å². The third-order valence-corrected chi connectivity index (χ3v) is 3.32. The van der Waals surface area contributed by atoms with Crippen molar-refractivity contribution in [1.29, 1.82) is 0 Å². The average molecular weight is 238 g/mol. The molecule has 17 heavy (non-hydrogen) atoms. The lowest BCUT2D eigenvalue weighted by Gasteiger charge is -2.38. The molecule has 0 saturated carbocycles. The SMILES string of the molecule is C=CCCN1C(=O)NC(=O)C(CC)(CC)C1=O. The average Bonchev–Trinajstić information content (AvgIpc) is 2.30. The maximum Gasteiger partial charge on any atom is 0.330 e. The summed E-state index contributed by atoms with van der Waals surface area (Å²) in [5.74, 6) is -0.870. The quantitative estimate of drug-likeness (QED) is 0.582. The van der Waals surface area contributed by atoms with Crippen LogP contribution < -0.4 is 5.32 Å². The predicted molar refractivity (Wildman–Crippen MR) is 63.1 cm³/mol. The molecule has 0 aliphatic carbocycles. The monoisotopic (exact) mass is 238 g/mol. The number of urea groups is 1. The molecule has 0 aromatic carbocycles. The highest BCUT2D eigenvalue weighted by Gasteiger charge is 2.51. The van der Waals surface area contributed by atoms with Gasteiger partial charge in [-0.1, -0.05) is 19.9 Å². The van der Waals surface area contributed by atoms with Crippen molar-refractivity contribution in [3.05, 3.63) is 12.7 Å². The van der Waals surface area contributed by atoms with Crippen molar-refractivity contribution in [2.24, 2.45) is 5.41 Å².